The van der Waals surface area contributed by atoms with E-state index in [-0.39, 0.29) is 0 Å². The second kappa shape index (κ2) is 53.4. The van der Waals surface area contributed by atoms with Crippen LogP contribution >= 0.6 is 0 Å². The van der Waals surface area contributed by atoms with Gasteiger partial charge in [-0.3, -0.25) is 19.2 Å². The topological polar surface area (TPSA) is 1050 Å². The maximum atomic E-state index is 14.0. The standard InChI is InChI=1S/C83H138N4O63/c1-18-39(102)50(113)55(118)74(131-18)130-17-33-63(48(111)36(71(125)133-33)84-20(3)96)142-72-37(85-21(4)97)49(112)62(29(12-93)138-72)143-79-60(123)68(47(110)32(141-79)16-129-76-59(122)67(146-78-58(121)53(116)43(106)26(9-90)135-78)46(109)31(140-76)15-128-75-56(119)52(115)42(105)25(8-89)134-75)147-81-70(54(117)44(107)27(10-91)137-81)148-73-38(86-22(5)98)66(64(30(13-94)139-73)144-77-57(120)51(114)40(103)19(2)132-77)145-80-61(124)69(45(108)28(11-92)136-80)150-83(82(126)127)6-23(99)35(87-34(101)14-95)65(149-83)41(104)24(100)7-88/h18-19,23-33,35-81,88-95,99-100,102-125H,6-17H2,1-5H3,(H,84,96)(H,85,97)(H,86,98)(H,87,101)(H,126,127)/t18-,19-,23-,24+,25+,26+,27+,28+,29+,30+,31+,32+,33+,35+,36+,37+,38+,39+,40+,41+,42+,43+,44+,45-,46+,47+,48+,49+,50+,51+,52-,53-,54-,55-,56-,57-,58-,59-,60-,61+,62+,63+,64+,65+,66+,67-,68-,69-,70-,71+,72-,73-,74+,75-,76-,77-,78+,79-,80-,81+,83-/m0/s1. The molecule has 67 nitrogen and oxygen atoms in total. The van der Waals surface area contributed by atoms with E-state index in [0.717, 1.165) is 27.7 Å². The molecule has 150 heavy (non-hydrogen) atoms. The van der Waals surface area contributed by atoms with Crippen molar-refractivity contribution in [1.82, 2.24) is 21.3 Å². The highest BCUT2D eigenvalue weighted by Crippen LogP contribution is 2.45. The van der Waals surface area contributed by atoms with Crippen molar-refractivity contribution in [3.05, 3.63) is 0 Å². The molecule has 4 amide bonds. The number of carbonyl (C=O) groups excluding carboxylic acids is 4. The van der Waals surface area contributed by atoms with Crippen LogP contribution in [-0.4, -0.2) is 655 Å². The Morgan fingerprint density at radius 1 is 0.300 bits per heavy atom. The van der Waals surface area contributed by atoms with Crippen molar-refractivity contribution in [1.29, 1.82) is 0 Å². The lowest BCUT2D eigenvalue weighted by Gasteiger charge is -2.53. The van der Waals surface area contributed by atoms with Gasteiger partial charge in [-0.25, -0.2) is 4.79 Å². The van der Waals surface area contributed by atoms with Crippen molar-refractivity contribution < 1.29 is 312 Å². The minimum absolute atomic E-state index is 0.784. The van der Waals surface area contributed by atoms with E-state index in [1.54, 1.807) is 0 Å². The number of nitrogens with one attached hydrogen (secondary N) is 4. The van der Waals surface area contributed by atoms with Gasteiger partial charge in [-0.05, 0) is 13.8 Å². The quantitative estimate of drug-likeness (QED) is 0.0271. The number of carboxylic acid groups (broad SMARTS) is 1. The van der Waals surface area contributed by atoms with Crippen LogP contribution < -0.4 is 21.3 Å². The molecule has 0 bridgehead atoms. The second-order valence-electron chi connectivity index (χ2n) is 38.1. The van der Waals surface area contributed by atoms with Crippen molar-refractivity contribution in [2.24, 2.45) is 0 Å². The van der Waals surface area contributed by atoms with Gasteiger partial charge in [0.25, 0.3) is 5.79 Å². The van der Waals surface area contributed by atoms with Gasteiger partial charge in [-0.15, -0.1) is 0 Å². The van der Waals surface area contributed by atoms with E-state index < -0.39 is 483 Å². The molecule has 0 spiro atoms. The predicted molar refractivity (Wildman–Crippen MR) is 457 cm³/mol. The summed E-state index contributed by atoms with van der Waals surface area (Å²) >= 11 is 0. The molecular formula is C83H138N4O63. The Kier molecular flexibility index (Phi) is 44.0. The third-order valence-electron chi connectivity index (χ3n) is 27.7. The molecule has 868 valence electrons. The molecule has 0 unspecified atom stereocenters. The molecule has 12 rings (SSSR count). The van der Waals surface area contributed by atoms with Gasteiger partial charge in [-0.2, -0.15) is 0 Å². The summed E-state index contributed by atoms with van der Waals surface area (Å²) in [7, 11) is 0. The fraction of sp³-hybridized carbons (Fsp3) is 0.940. The SMILES string of the molecule is CC(=O)N[C@@H]1[C@@H](O)[C@H](O[C@@H]2O[C@H](CO)[C@@H](O[C@@H]3O[C@H](CO[C@H]4O[C@H](CO[C@H]5O[C@H](CO)[C@@H](O)[C@H](O)[C@@H]5O)[C@@H](O)[C@H](O[C@H]5O[C@H](CO)[C@@H](O)[C@H](O)[C@@H]5O)[C@@H]4O)[C@@H](O)[C@H](O[C@H]4O[C@H](CO)[C@@H](O)[C@H](O)[C@@H]4O[C@@H]4O[C@H](CO)[C@@H](O[C@@H]5O[C@@H](C)[C@@H](O)[C@@H](O)[C@@H]5O)[C@H](O[C@@H]5O[C@H](CO)[C@H](O)[C@H](O[C@]6(C(=O)O)C[C@H](O)[C@@H](NC(=O)CO)[C@H]([C@H](O)[C@H](O)CO)O6)[C@H]5O)[C@H]4NC(C)=O)[C@@H]3O)[C@H](O)[C@H]2NC(C)=O)[C@@H](CO[C@@H]2O[C@@H](C)[C@@H](O)[C@@H](O)[C@@H]2O)O[C@H]1O. The van der Waals surface area contributed by atoms with Crippen molar-refractivity contribution >= 4 is 29.6 Å². The average molecular weight is 2200 g/mol. The van der Waals surface area contributed by atoms with Crippen LogP contribution in [0.25, 0.3) is 0 Å². The molecule has 0 saturated carbocycles. The van der Waals surface area contributed by atoms with Gasteiger partial charge >= 0.3 is 5.97 Å². The summed E-state index contributed by atoms with van der Waals surface area (Å²) in [5.41, 5.74) is 0. The fourth-order valence-electron chi connectivity index (χ4n) is 19.3. The third kappa shape index (κ3) is 27.0. The van der Waals surface area contributed by atoms with Crippen molar-refractivity contribution in [2.75, 3.05) is 72.7 Å². The predicted octanol–water partition coefficient (Wildman–Crippen LogP) is -26.3. The molecule has 0 aliphatic carbocycles. The van der Waals surface area contributed by atoms with Crippen molar-refractivity contribution in [3.8, 4) is 0 Å². The molecule has 12 fully saturated rings. The first-order chi connectivity index (χ1) is 70.8. The fourth-order valence-corrected chi connectivity index (χ4v) is 19.3. The van der Waals surface area contributed by atoms with Gasteiger partial charge in [0, 0.05) is 27.2 Å². The Morgan fingerprint density at radius 2 is 0.633 bits per heavy atom. The van der Waals surface area contributed by atoms with Crippen LogP contribution in [0.15, 0.2) is 0 Å². The van der Waals surface area contributed by atoms with Crippen LogP contribution in [0, 0.1) is 0 Å². The van der Waals surface area contributed by atoms with E-state index in [1.807, 2.05) is 5.32 Å². The molecule has 39 N–H and O–H groups in total. The first-order valence-corrected chi connectivity index (χ1v) is 47.7. The zero-order valence-corrected chi connectivity index (χ0v) is 80.2. The number of aliphatic hydroxyl groups excluding tert-OH is 34. The number of aliphatic carboxylic acids is 1. The summed E-state index contributed by atoms with van der Waals surface area (Å²) in [5.74, 6) is -10.3. The van der Waals surface area contributed by atoms with Crippen LogP contribution in [0.5, 0.6) is 0 Å². The Hall–Kier alpha value is -4.93. The van der Waals surface area contributed by atoms with E-state index in [2.05, 4.69) is 16.0 Å². The van der Waals surface area contributed by atoms with Crippen molar-refractivity contribution in [2.45, 2.75) is 415 Å². The zero-order chi connectivity index (χ0) is 111. The zero-order valence-electron chi connectivity index (χ0n) is 80.2. The Balaban J connectivity index is 0.919. The van der Waals surface area contributed by atoms with Crippen LogP contribution in [0.4, 0.5) is 0 Å². The molecule has 0 radical (unpaired) electrons. The summed E-state index contributed by atoms with van der Waals surface area (Å²) in [6.07, 6.45) is -128. The molecule has 67 heteroatoms. The van der Waals surface area contributed by atoms with Gasteiger partial charge < -0.3 is 309 Å². The van der Waals surface area contributed by atoms with E-state index in [0.29, 0.717) is 0 Å². The van der Waals surface area contributed by atoms with Crippen LogP contribution in [0.1, 0.15) is 41.0 Å². The minimum Gasteiger partial charge on any atom is -0.477 e. The number of ether oxygens (including phenoxy) is 23. The number of rotatable bonds is 40. The van der Waals surface area contributed by atoms with Gasteiger partial charge in [0.15, 0.2) is 69.2 Å². The minimum atomic E-state index is -3.53. The third-order valence-corrected chi connectivity index (χ3v) is 27.7. The largest absolute Gasteiger partial charge is 0.477 e. The average Bonchev–Trinajstić information content (AvgIpc) is 0.722. The highest BCUT2D eigenvalue weighted by molar-refractivity contribution is 5.78. The molecule has 12 aliphatic heterocycles. The Morgan fingerprint density at radius 3 is 1.13 bits per heavy atom. The molecule has 12 heterocycles. The molecule has 0 aromatic carbocycles. The lowest BCUT2D eigenvalue weighted by molar-refractivity contribution is -0.406. The normalized spacial score (nSPS) is 49.3. The number of carboxylic acids is 1. The summed E-state index contributed by atoms with van der Waals surface area (Å²) in [6.45, 7) is -8.65. The van der Waals surface area contributed by atoms with E-state index in [1.165, 1.54) is 6.92 Å². The van der Waals surface area contributed by atoms with E-state index in [9.17, 15) is 203 Å². The molecule has 0 aromatic rings. The number of hydrogen-bond acceptors (Lipinski definition) is 62. The number of hydrogen-bond donors (Lipinski definition) is 39. The smallest absolute Gasteiger partial charge is 0.364 e. The summed E-state index contributed by atoms with van der Waals surface area (Å²) in [5, 5.41) is 404. The monoisotopic (exact) mass is 2200 g/mol. The van der Waals surface area contributed by atoms with E-state index in [4.69, 9.17) is 109 Å². The van der Waals surface area contributed by atoms with Gasteiger partial charge in [0.1, 0.15) is 281 Å². The molecular weight excluding hydrogens is 2060 g/mol. The first-order valence-electron chi connectivity index (χ1n) is 47.7. The molecule has 61 atom stereocenters. The van der Waals surface area contributed by atoms with Crippen molar-refractivity contribution in [3.63, 3.8) is 0 Å². The van der Waals surface area contributed by atoms with Gasteiger partial charge in [0.05, 0.1) is 90.4 Å². The van der Waals surface area contributed by atoms with Crippen LogP contribution in [-0.2, 0) is 133 Å². The maximum Gasteiger partial charge on any atom is 0.364 e. The lowest BCUT2D eigenvalue weighted by Crippen LogP contribution is -2.72. The molecule has 12 aliphatic rings. The number of carbonyl (C=O) groups is 5. The van der Waals surface area contributed by atoms with Gasteiger partial charge in [-0.1, -0.05) is 0 Å². The Labute approximate surface area is 847 Å². The van der Waals surface area contributed by atoms with Crippen LogP contribution in [0.2, 0.25) is 0 Å². The van der Waals surface area contributed by atoms with E-state index >= 15 is 0 Å². The number of amides is 4. The Bertz CT molecular complexity index is 4220. The highest BCUT2D eigenvalue weighted by Gasteiger charge is 2.66. The highest BCUT2D eigenvalue weighted by atomic mass is 16.8. The summed E-state index contributed by atoms with van der Waals surface area (Å²) in [6, 6.07) is -8.35. The molecule has 0 aromatic heterocycles. The second-order valence-corrected chi connectivity index (χ2v) is 38.1. The first kappa shape index (κ1) is 124. The number of aliphatic hydroxyl groups is 34. The summed E-state index contributed by atoms with van der Waals surface area (Å²) in [4.78, 5) is 66.3. The lowest BCUT2D eigenvalue weighted by atomic mass is 9.88. The van der Waals surface area contributed by atoms with Crippen LogP contribution in [0.3, 0.4) is 0 Å². The summed E-state index contributed by atoms with van der Waals surface area (Å²) < 4.78 is 138. The molecule has 12 saturated heterocycles. The maximum absolute atomic E-state index is 14.0. The van der Waals surface area contributed by atoms with Gasteiger partial charge in [0.2, 0.25) is 23.6 Å².